The Morgan fingerprint density at radius 2 is 1.97 bits per heavy atom. The van der Waals surface area contributed by atoms with Crippen molar-refractivity contribution in [3.05, 3.63) is 52.6 Å². The maximum absolute atomic E-state index is 14.1. The van der Waals surface area contributed by atoms with Crippen LogP contribution in [0, 0.1) is 22.5 Å². The van der Waals surface area contributed by atoms with E-state index in [9.17, 15) is 8.78 Å². The molecule has 2 aromatic rings. The summed E-state index contributed by atoms with van der Waals surface area (Å²) in [6.07, 6.45) is -0.110. The van der Waals surface area contributed by atoms with Gasteiger partial charge in [-0.3, -0.25) is 15.7 Å². The van der Waals surface area contributed by atoms with Gasteiger partial charge in [0.15, 0.2) is 11.7 Å². The zero-order valence-corrected chi connectivity index (χ0v) is 18.8. The minimum Gasteiger partial charge on any atom is -0.422 e. The Labute approximate surface area is 186 Å². The van der Waals surface area contributed by atoms with Gasteiger partial charge in [0.2, 0.25) is 0 Å². The number of rotatable bonds is 3. The summed E-state index contributed by atoms with van der Waals surface area (Å²) in [6.45, 7) is 6.98. The van der Waals surface area contributed by atoms with E-state index in [1.807, 2.05) is 20.9 Å². The molecule has 4 N–H and O–H groups in total. The van der Waals surface area contributed by atoms with Crippen molar-refractivity contribution in [2.45, 2.75) is 58.5 Å². The number of benzene rings is 1. The minimum atomic E-state index is -0.686. The van der Waals surface area contributed by atoms with Crippen molar-refractivity contribution in [1.29, 1.82) is 10.8 Å². The molecule has 1 aromatic carbocycles. The second-order valence-electron chi connectivity index (χ2n) is 7.75. The Balaban J connectivity index is 0.00000141. The molecule has 1 saturated heterocycles. The van der Waals surface area contributed by atoms with Crippen LogP contribution in [0.1, 0.15) is 56.1 Å². The van der Waals surface area contributed by atoms with Gasteiger partial charge in [-0.05, 0) is 24.6 Å². The van der Waals surface area contributed by atoms with E-state index in [0.29, 0.717) is 31.9 Å². The second-order valence-corrected chi connectivity index (χ2v) is 7.75. The van der Waals surface area contributed by atoms with E-state index in [0.717, 1.165) is 29.6 Å². The van der Waals surface area contributed by atoms with Gasteiger partial charge in [-0.2, -0.15) is 0 Å². The van der Waals surface area contributed by atoms with E-state index in [1.165, 1.54) is 6.92 Å². The highest BCUT2D eigenvalue weighted by molar-refractivity contribution is 5.96. The van der Waals surface area contributed by atoms with Gasteiger partial charge in [-0.15, -0.1) is 0 Å². The fourth-order valence-corrected chi connectivity index (χ4v) is 4.17. The molecule has 2 unspecified atom stereocenters. The van der Waals surface area contributed by atoms with Crippen molar-refractivity contribution in [2.75, 3.05) is 6.61 Å². The first-order chi connectivity index (χ1) is 15.2. The first-order valence-electron chi connectivity index (χ1n) is 10.7. The lowest BCUT2D eigenvalue weighted by Gasteiger charge is -2.38. The molecule has 0 radical (unpaired) electrons. The first-order valence-corrected chi connectivity index (χ1v) is 10.7. The van der Waals surface area contributed by atoms with Crippen LogP contribution in [-0.4, -0.2) is 44.9 Å². The quantitative estimate of drug-likeness (QED) is 0.493. The minimum absolute atomic E-state index is 0.0186. The van der Waals surface area contributed by atoms with Gasteiger partial charge < -0.3 is 19.8 Å². The SMILES string of the molecule is CC.CC(=N)OC(=N)c1nc2c(n1C)CN(C1CO[C@H](c3cc(F)ccc3F)C(N)C1)C2. The van der Waals surface area contributed by atoms with Gasteiger partial charge in [0.25, 0.3) is 5.90 Å². The molecule has 0 amide bonds. The fraction of sp³-hybridized carbons (Fsp3) is 0.500. The van der Waals surface area contributed by atoms with Gasteiger partial charge in [0.05, 0.1) is 18.0 Å². The molecule has 0 saturated carbocycles. The summed E-state index contributed by atoms with van der Waals surface area (Å²) in [4.78, 5) is 6.69. The average molecular weight is 449 g/mol. The van der Waals surface area contributed by atoms with Crippen LogP contribution in [0.3, 0.4) is 0 Å². The lowest BCUT2D eigenvalue weighted by Crippen LogP contribution is -2.48. The van der Waals surface area contributed by atoms with Crippen LogP contribution in [0.5, 0.6) is 0 Å². The third-order valence-electron chi connectivity index (χ3n) is 5.64. The zero-order valence-electron chi connectivity index (χ0n) is 18.8. The third-order valence-corrected chi connectivity index (χ3v) is 5.64. The Bertz CT molecular complexity index is 1010. The van der Waals surface area contributed by atoms with Gasteiger partial charge in [0, 0.05) is 44.7 Å². The number of fused-ring (bicyclic) bond motifs is 1. The predicted molar refractivity (Wildman–Crippen MR) is 117 cm³/mol. The molecular weight excluding hydrogens is 418 g/mol. The van der Waals surface area contributed by atoms with E-state index < -0.39 is 23.8 Å². The fourth-order valence-electron chi connectivity index (χ4n) is 4.17. The predicted octanol–water partition coefficient (Wildman–Crippen LogP) is 3.24. The van der Waals surface area contributed by atoms with E-state index in [4.69, 9.17) is 26.0 Å². The molecule has 174 valence electrons. The van der Waals surface area contributed by atoms with Crippen LogP contribution in [0.2, 0.25) is 0 Å². The van der Waals surface area contributed by atoms with Gasteiger partial charge >= 0.3 is 0 Å². The first kappa shape index (κ1) is 24.0. The number of aromatic nitrogens is 2. The van der Waals surface area contributed by atoms with Crippen LogP contribution in [0.25, 0.3) is 0 Å². The van der Waals surface area contributed by atoms with Crippen LogP contribution in [0.15, 0.2) is 18.2 Å². The Hall–Kier alpha value is -2.69. The molecule has 3 atom stereocenters. The highest BCUT2D eigenvalue weighted by Gasteiger charge is 2.38. The number of nitrogens with two attached hydrogens (primary N) is 1. The van der Waals surface area contributed by atoms with E-state index in [2.05, 4.69) is 9.88 Å². The van der Waals surface area contributed by atoms with E-state index in [-0.39, 0.29) is 23.4 Å². The van der Waals surface area contributed by atoms with Gasteiger partial charge in [0.1, 0.15) is 17.7 Å². The van der Waals surface area contributed by atoms with Crippen molar-refractivity contribution in [1.82, 2.24) is 14.5 Å². The van der Waals surface area contributed by atoms with Crippen molar-refractivity contribution in [3.63, 3.8) is 0 Å². The van der Waals surface area contributed by atoms with E-state index in [1.54, 1.807) is 4.57 Å². The van der Waals surface area contributed by atoms with Crippen molar-refractivity contribution in [3.8, 4) is 0 Å². The number of imidazole rings is 1. The van der Waals surface area contributed by atoms with Crippen molar-refractivity contribution < 1.29 is 18.3 Å². The number of hydrogen-bond acceptors (Lipinski definition) is 7. The summed E-state index contributed by atoms with van der Waals surface area (Å²) >= 11 is 0. The summed E-state index contributed by atoms with van der Waals surface area (Å²) in [5.74, 6) is -0.889. The highest BCUT2D eigenvalue weighted by atomic mass is 19.1. The van der Waals surface area contributed by atoms with Crippen LogP contribution < -0.4 is 5.73 Å². The summed E-state index contributed by atoms with van der Waals surface area (Å²) in [7, 11) is 1.81. The van der Waals surface area contributed by atoms with Crippen LogP contribution in [-0.2, 0) is 29.6 Å². The molecule has 2 aliphatic rings. The Morgan fingerprint density at radius 3 is 2.59 bits per heavy atom. The number of nitrogens with one attached hydrogen (secondary N) is 2. The molecule has 0 aliphatic carbocycles. The summed E-state index contributed by atoms with van der Waals surface area (Å²) in [5, 5.41) is 15.3. The molecule has 10 heteroatoms. The molecule has 32 heavy (non-hydrogen) atoms. The molecule has 0 bridgehead atoms. The summed E-state index contributed by atoms with van der Waals surface area (Å²) < 4.78 is 40.4. The van der Waals surface area contributed by atoms with Crippen molar-refractivity contribution >= 4 is 11.8 Å². The normalized spacial score (nSPS) is 22.7. The second kappa shape index (κ2) is 9.85. The number of ether oxygens (including phenoxy) is 2. The van der Waals surface area contributed by atoms with Crippen molar-refractivity contribution in [2.24, 2.45) is 12.8 Å². The van der Waals surface area contributed by atoms with Gasteiger partial charge in [-0.25, -0.2) is 13.8 Å². The lowest BCUT2D eigenvalue weighted by molar-refractivity contribution is -0.0535. The lowest BCUT2D eigenvalue weighted by atomic mass is 9.93. The summed E-state index contributed by atoms with van der Waals surface area (Å²) in [6, 6.07) is 2.86. The molecule has 4 rings (SSSR count). The molecule has 1 aromatic heterocycles. The number of halogens is 2. The van der Waals surface area contributed by atoms with E-state index >= 15 is 0 Å². The number of hydrogen-bond donors (Lipinski definition) is 3. The third kappa shape index (κ3) is 4.72. The number of nitrogens with zero attached hydrogens (tertiary/aromatic N) is 3. The topological polar surface area (TPSA) is 113 Å². The zero-order chi connectivity index (χ0) is 23.6. The molecule has 2 aliphatic heterocycles. The van der Waals surface area contributed by atoms with Crippen LogP contribution >= 0.6 is 0 Å². The Kier molecular flexibility index (Phi) is 7.37. The standard InChI is InChI=1S/C20H24F2N6O2.C2H6/c1-10(23)30-19(25)20-26-16-7-28(8-17(16)27(20)2)12-6-15(24)18(29-9-12)13-5-11(21)3-4-14(13)22;1-2/h3-5,12,15,18,23,25H,6-9,24H2,1-2H3;1-2H3/t12?,15?,18-;/m1./s1. The molecule has 0 spiro atoms. The van der Waals surface area contributed by atoms with Crippen LogP contribution in [0.4, 0.5) is 8.78 Å². The smallest absolute Gasteiger partial charge is 0.257 e. The van der Waals surface area contributed by atoms with Gasteiger partial charge in [-0.1, -0.05) is 13.8 Å². The largest absolute Gasteiger partial charge is 0.422 e. The molecule has 8 nitrogen and oxygen atoms in total. The Morgan fingerprint density at radius 1 is 1.25 bits per heavy atom. The average Bonchev–Trinajstić information content (AvgIpc) is 3.30. The maximum atomic E-state index is 14.1. The maximum Gasteiger partial charge on any atom is 0.257 e. The molecular formula is C22H30F2N6O2. The molecule has 3 heterocycles. The highest BCUT2D eigenvalue weighted by Crippen LogP contribution is 2.34. The molecule has 1 fully saturated rings. The monoisotopic (exact) mass is 448 g/mol. The summed E-state index contributed by atoms with van der Waals surface area (Å²) in [5.41, 5.74) is 8.24.